The van der Waals surface area contributed by atoms with Crippen molar-refractivity contribution in [1.29, 1.82) is 0 Å². The van der Waals surface area contributed by atoms with Crippen LogP contribution in [0.1, 0.15) is 67.2 Å². The van der Waals surface area contributed by atoms with Crippen LogP contribution in [0.25, 0.3) is 0 Å². The third kappa shape index (κ3) is 2.03. The molecule has 0 spiro atoms. The van der Waals surface area contributed by atoms with Gasteiger partial charge in [-0.25, -0.2) is 0 Å². The summed E-state index contributed by atoms with van der Waals surface area (Å²) in [6.45, 7) is 14.1. The first kappa shape index (κ1) is 19.3. The molecule has 4 rings (SSSR count). The molecule has 4 bridgehead atoms. The summed E-state index contributed by atoms with van der Waals surface area (Å²) < 4.78 is 0. The Balaban J connectivity index is 1.57. The molecule has 0 aromatic carbocycles. The zero-order valence-corrected chi connectivity index (χ0v) is 20.2. The average Bonchev–Trinajstić information content (AvgIpc) is 3.07. The number of oxime groups is 2. The summed E-state index contributed by atoms with van der Waals surface area (Å²) in [6, 6.07) is 0. The van der Waals surface area contributed by atoms with Crippen molar-refractivity contribution in [2.75, 3.05) is 0 Å². The molecule has 4 aliphatic rings. The van der Waals surface area contributed by atoms with Gasteiger partial charge in [-0.05, 0) is 0 Å². The van der Waals surface area contributed by atoms with E-state index >= 15 is 0 Å². The van der Waals surface area contributed by atoms with E-state index in [4.69, 9.17) is 0 Å². The summed E-state index contributed by atoms with van der Waals surface area (Å²) in [5.41, 5.74) is 2.73. The summed E-state index contributed by atoms with van der Waals surface area (Å²) in [5, 5.41) is 27.3. The Morgan fingerprint density at radius 3 is 1.38 bits per heavy atom. The number of nitrogens with zero attached hydrogens (tertiary/aromatic N) is 2. The van der Waals surface area contributed by atoms with Crippen molar-refractivity contribution in [1.82, 2.24) is 0 Å². The van der Waals surface area contributed by atoms with E-state index in [9.17, 15) is 10.4 Å². The van der Waals surface area contributed by atoms with Crippen molar-refractivity contribution < 1.29 is 10.4 Å². The van der Waals surface area contributed by atoms with Gasteiger partial charge in [0.15, 0.2) is 0 Å². The minimum absolute atomic E-state index is 0.0583. The fourth-order valence-electron chi connectivity index (χ4n) is 6.74. The van der Waals surface area contributed by atoms with Crippen molar-refractivity contribution in [2.24, 2.45) is 43.8 Å². The summed E-state index contributed by atoms with van der Waals surface area (Å²) in [7, 11) is 0. The molecule has 4 fully saturated rings. The molecule has 6 atom stereocenters. The van der Waals surface area contributed by atoms with Gasteiger partial charge in [0.2, 0.25) is 0 Å². The summed E-state index contributed by atoms with van der Waals surface area (Å²) >= 11 is 0.873. The van der Waals surface area contributed by atoms with Crippen LogP contribution in [0.2, 0.25) is 9.63 Å². The summed E-state index contributed by atoms with van der Waals surface area (Å²) in [4.78, 5) is 0.937. The molecule has 26 heavy (non-hydrogen) atoms. The Bertz CT molecular complexity index is 631. The van der Waals surface area contributed by atoms with Gasteiger partial charge in [0.05, 0.1) is 0 Å². The van der Waals surface area contributed by atoms with E-state index in [0.717, 1.165) is 24.3 Å². The molecule has 4 aliphatic carbocycles. The van der Waals surface area contributed by atoms with Crippen molar-refractivity contribution >= 4 is 37.7 Å². The molecule has 0 saturated heterocycles. The van der Waals surface area contributed by atoms with Crippen LogP contribution in [0.5, 0.6) is 0 Å². The standard InChI is InChI=1S/C20H32N2O2Se2/c1-17(2)11-7-9-19(17,5)15(21-23)13(11)25-26-14-12-8-10-20(6,16(14)22-24)18(12,3)4/h11-14,23-24H,7-10H2,1-6H3/b21-15+,22-16+/t11-,12-,13+,14+,19+,20+/m1/s1. The third-order valence-corrected chi connectivity index (χ3v) is 18.6. The topological polar surface area (TPSA) is 65.2 Å². The zero-order chi connectivity index (χ0) is 19.1. The molecule has 0 amide bonds. The second kappa shape index (κ2) is 5.75. The van der Waals surface area contributed by atoms with E-state index in [1.807, 2.05) is 0 Å². The maximum atomic E-state index is 9.82. The van der Waals surface area contributed by atoms with Gasteiger partial charge in [-0.15, -0.1) is 0 Å². The molecule has 146 valence electrons. The third-order valence-electron chi connectivity index (χ3n) is 9.49. The maximum absolute atomic E-state index is 9.82. The van der Waals surface area contributed by atoms with Crippen LogP contribution in [0.3, 0.4) is 0 Å². The van der Waals surface area contributed by atoms with Gasteiger partial charge >= 0.3 is 169 Å². The second-order valence-corrected chi connectivity index (χ2v) is 17.5. The quantitative estimate of drug-likeness (QED) is 0.349. The molecular weight excluding hydrogens is 458 g/mol. The predicted octanol–water partition coefficient (Wildman–Crippen LogP) is 4.46. The SMILES string of the molecule is CC1(C)[C@@H]2CC[C@@]1(C)/C(=N/O)[C@H]2[Se][Se][C@@H]1/C(=N\O)[C@]2(C)CC[C@H]1C2(C)C. The van der Waals surface area contributed by atoms with E-state index in [1.165, 1.54) is 12.8 Å². The van der Waals surface area contributed by atoms with Gasteiger partial charge in [-0.3, -0.25) is 0 Å². The zero-order valence-electron chi connectivity index (χ0n) is 16.7. The van der Waals surface area contributed by atoms with Gasteiger partial charge in [-0.2, -0.15) is 0 Å². The van der Waals surface area contributed by atoms with Crippen LogP contribution in [0.4, 0.5) is 0 Å². The Kier molecular flexibility index (Phi) is 4.27. The predicted molar refractivity (Wildman–Crippen MR) is 107 cm³/mol. The van der Waals surface area contributed by atoms with Crippen LogP contribution < -0.4 is 0 Å². The van der Waals surface area contributed by atoms with Gasteiger partial charge in [0.25, 0.3) is 0 Å². The first-order chi connectivity index (χ1) is 12.1. The minimum atomic E-state index is 0.0583. The Morgan fingerprint density at radius 2 is 1.08 bits per heavy atom. The molecule has 0 aromatic heterocycles. The second-order valence-electron chi connectivity index (χ2n) is 10.4. The van der Waals surface area contributed by atoms with Crippen molar-refractivity contribution in [2.45, 2.75) is 76.9 Å². The van der Waals surface area contributed by atoms with Gasteiger partial charge in [0, 0.05) is 0 Å². The monoisotopic (exact) mass is 492 g/mol. The van der Waals surface area contributed by atoms with Gasteiger partial charge < -0.3 is 0 Å². The summed E-state index contributed by atoms with van der Waals surface area (Å²) in [6.07, 6.45) is 4.85. The van der Waals surface area contributed by atoms with Crippen molar-refractivity contribution in [3.63, 3.8) is 0 Å². The average molecular weight is 490 g/mol. The molecule has 4 nitrogen and oxygen atoms in total. The number of hydrogen-bond donors (Lipinski definition) is 2. The van der Waals surface area contributed by atoms with E-state index in [1.54, 1.807) is 0 Å². The normalized spacial score (nSPS) is 51.0. The molecule has 0 radical (unpaired) electrons. The van der Waals surface area contributed by atoms with E-state index in [-0.39, 0.29) is 21.7 Å². The van der Waals surface area contributed by atoms with Crippen LogP contribution in [-0.2, 0) is 0 Å². The van der Waals surface area contributed by atoms with Crippen LogP contribution >= 0.6 is 0 Å². The molecule has 2 N–H and O–H groups in total. The Labute approximate surface area is 168 Å². The fraction of sp³-hybridized carbons (Fsp3) is 0.900. The molecule has 0 unspecified atom stereocenters. The van der Waals surface area contributed by atoms with Gasteiger partial charge in [-0.1, -0.05) is 0 Å². The van der Waals surface area contributed by atoms with Crippen LogP contribution in [0, 0.1) is 33.5 Å². The Hall–Kier alpha value is -0.0210. The molecular formula is C20H32N2O2Se2. The van der Waals surface area contributed by atoms with Gasteiger partial charge in [0.1, 0.15) is 0 Å². The van der Waals surface area contributed by atoms with Crippen LogP contribution in [-0.4, -0.2) is 48.1 Å². The van der Waals surface area contributed by atoms with E-state index in [2.05, 4.69) is 51.9 Å². The van der Waals surface area contributed by atoms with Crippen LogP contribution in [0.15, 0.2) is 10.3 Å². The molecule has 0 heterocycles. The number of hydrogen-bond acceptors (Lipinski definition) is 4. The van der Waals surface area contributed by atoms with E-state index in [0.29, 0.717) is 47.7 Å². The Morgan fingerprint density at radius 1 is 0.731 bits per heavy atom. The molecule has 4 saturated carbocycles. The first-order valence-corrected chi connectivity index (χ1v) is 16.1. The number of rotatable bonds is 3. The van der Waals surface area contributed by atoms with E-state index < -0.39 is 0 Å². The van der Waals surface area contributed by atoms with Crippen molar-refractivity contribution in [3.8, 4) is 0 Å². The molecule has 0 aromatic rings. The molecule has 6 heteroatoms. The molecule has 0 aliphatic heterocycles. The first-order valence-electron chi connectivity index (χ1n) is 9.83. The summed E-state index contributed by atoms with van der Waals surface area (Å²) in [5.74, 6) is 1.30. The fourth-order valence-corrected chi connectivity index (χ4v) is 19.0. The number of fused-ring (bicyclic) bond motifs is 4. The van der Waals surface area contributed by atoms with Crippen molar-refractivity contribution in [3.05, 3.63) is 0 Å².